The second-order valence-electron chi connectivity index (χ2n) is 5.12. The second kappa shape index (κ2) is 6.90. The summed E-state index contributed by atoms with van der Waals surface area (Å²) in [5.41, 5.74) is 4.29. The fourth-order valence-corrected chi connectivity index (χ4v) is 3.02. The predicted octanol–water partition coefficient (Wildman–Crippen LogP) is 3.14. The van der Waals surface area contributed by atoms with Crippen LogP contribution in [-0.2, 0) is 6.42 Å². The van der Waals surface area contributed by atoms with E-state index in [1.807, 2.05) is 20.8 Å². The van der Waals surface area contributed by atoms with Crippen molar-refractivity contribution in [3.05, 3.63) is 39.1 Å². The Morgan fingerprint density at radius 1 is 1.20 bits per heavy atom. The van der Waals surface area contributed by atoms with Crippen molar-refractivity contribution in [2.24, 2.45) is 0 Å². The fourth-order valence-electron chi connectivity index (χ4n) is 2.20. The lowest BCUT2D eigenvalue weighted by Gasteiger charge is -2.19. The molecule has 0 aliphatic heterocycles. The number of hydrogen-bond acceptors (Lipinski definition) is 5. The van der Waals surface area contributed by atoms with Gasteiger partial charge in [-0.15, -0.1) is 11.3 Å². The van der Waals surface area contributed by atoms with E-state index in [2.05, 4.69) is 38.9 Å². The number of rotatable bonds is 6. The summed E-state index contributed by atoms with van der Waals surface area (Å²) in [6.07, 6.45) is 2.02. The highest BCUT2D eigenvalue weighted by Crippen LogP contribution is 2.23. The van der Waals surface area contributed by atoms with E-state index in [9.17, 15) is 0 Å². The molecule has 1 N–H and O–H groups in total. The molecule has 2 aromatic heterocycles. The first-order valence-corrected chi connectivity index (χ1v) is 7.93. The molecule has 20 heavy (non-hydrogen) atoms. The number of hydrogen-bond donors (Lipinski definition) is 1. The average molecular weight is 290 g/mol. The minimum absolute atomic E-state index is 0.259. The van der Waals surface area contributed by atoms with Crippen molar-refractivity contribution < 1.29 is 0 Å². The Hall–Kier alpha value is -1.33. The lowest BCUT2D eigenvalue weighted by Crippen LogP contribution is -2.25. The van der Waals surface area contributed by atoms with Crippen molar-refractivity contribution in [3.8, 4) is 0 Å². The topological polar surface area (TPSA) is 50.7 Å². The van der Waals surface area contributed by atoms with Crippen LogP contribution in [0.1, 0.15) is 47.0 Å². The maximum Gasteiger partial charge on any atom is 0.0947 e. The normalized spacial score (nSPS) is 12.6. The molecule has 1 atom stereocenters. The van der Waals surface area contributed by atoms with E-state index in [4.69, 9.17) is 0 Å². The second-order valence-corrected chi connectivity index (χ2v) is 6.06. The van der Waals surface area contributed by atoms with Gasteiger partial charge in [-0.25, -0.2) is 4.98 Å². The van der Waals surface area contributed by atoms with Crippen molar-refractivity contribution in [2.75, 3.05) is 6.54 Å². The number of aryl methyl sites for hydroxylation is 3. The Kier molecular flexibility index (Phi) is 5.20. The minimum atomic E-state index is 0.259. The van der Waals surface area contributed by atoms with Gasteiger partial charge in [0.15, 0.2) is 0 Å². The lowest BCUT2D eigenvalue weighted by atomic mass is 10.0. The van der Waals surface area contributed by atoms with Crippen molar-refractivity contribution in [1.29, 1.82) is 0 Å². The van der Waals surface area contributed by atoms with Gasteiger partial charge in [-0.05, 0) is 45.4 Å². The third-order valence-electron chi connectivity index (χ3n) is 3.20. The summed E-state index contributed by atoms with van der Waals surface area (Å²) in [7, 11) is 0. The molecule has 0 aliphatic rings. The monoisotopic (exact) mass is 290 g/mol. The molecule has 2 rings (SSSR count). The molecular weight excluding hydrogens is 268 g/mol. The van der Waals surface area contributed by atoms with Crippen LogP contribution in [0.15, 0.2) is 11.4 Å². The molecular formula is C15H22N4S. The van der Waals surface area contributed by atoms with Crippen molar-refractivity contribution in [3.63, 3.8) is 0 Å². The first-order valence-electron chi connectivity index (χ1n) is 7.05. The standard InChI is InChI=1S/C15H22N4S/c1-5-6-16-14(8-15-17-11(3)9-20-15)13-7-10(2)18-19-12(13)4/h7,9,14,16H,5-6,8H2,1-4H3. The van der Waals surface area contributed by atoms with E-state index in [0.29, 0.717) is 0 Å². The molecule has 0 radical (unpaired) electrons. The van der Waals surface area contributed by atoms with Gasteiger partial charge in [0, 0.05) is 23.5 Å². The zero-order chi connectivity index (χ0) is 14.5. The number of nitrogens with zero attached hydrogens (tertiary/aromatic N) is 3. The van der Waals surface area contributed by atoms with Crippen LogP contribution in [0.25, 0.3) is 0 Å². The van der Waals surface area contributed by atoms with Crippen molar-refractivity contribution in [1.82, 2.24) is 20.5 Å². The van der Waals surface area contributed by atoms with Crippen LogP contribution in [0.3, 0.4) is 0 Å². The van der Waals surface area contributed by atoms with Gasteiger partial charge < -0.3 is 5.32 Å². The zero-order valence-corrected chi connectivity index (χ0v) is 13.4. The Labute approximate surface area is 124 Å². The van der Waals surface area contributed by atoms with Gasteiger partial charge in [-0.3, -0.25) is 0 Å². The number of aromatic nitrogens is 3. The molecule has 5 heteroatoms. The molecule has 108 valence electrons. The van der Waals surface area contributed by atoms with Gasteiger partial charge in [0.05, 0.1) is 16.4 Å². The van der Waals surface area contributed by atoms with E-state index in [0.717, 1.165) is 36.5 Å². The molecule has 2 aromatic rings. The van der Waals surface area contributed by atoms with Gasteiger partial charge in [0.1, 0.15) is 0 Å². The molecule has 0 saturated carbocycles. The van der Waals surface area contributed by atoms with Crippen LogP contribution >= 0.6 is 11.3 Å². The van der Waals surface area contributed by atoms with E-state index >= 15 is 0 Å². The third kappa shape index (κ3) is 3.84. The van der Waals surface area contributed by atoms with Crippen LogP contribution in [-0.4, -0.2) is 21.7 Å². The van der Waals surface area contributed by atoms with Gasteiger partial charge in [0.2, 0.25) is 0 Å². The quantitative estimate of drug-likeness (QED) is 0.888. The lowest BCUT2D eigenvalue weighted by molar-refractivity contribution is 0.522. The molecule has 0 fully saturated rings. The molecule has 4 nitrogen and oxygen atoms in total. The highest BCUT2D eigenvalue weighted by molar-refractivity contribution is 7.09. The van der Waals surface area contributed by atoms with Crippen LogP contribution in [0.4, 0.5) is 0 Å². The van der Waals surface area contributed by atoms with Crippen LogP contribution in [0, 0.1) is 20.8 Å². The fraction of sp³-hybridized carbons (Fsp3) is 0.533. The summed E-state index contributed by atoms with van der Waals surface area (Å²) in [5.74, 6) is 0. The van der Waals surface area contributed by atoms with E-state index in [1.54, 1.807) is 11.3 Å². The summed E-state index contributed by atoms with van der Waals surface area (Å²) >= 11 is 1.73. The summed E-state index contributed by atoms with van der Waals surface area (Å²) in [5, 5.41) is 15.3. The minimum Gasteiger partial charge on any atom is -0.310 e. The predicted molar refractivity (Wildman–Crippen MR) is 83.1 cm³/mol. The van der Waals surface area contributed by atoms with Crippen molar-refractivity contribution >= 4 is 11.3 Å². The Balaban J connectivity index is 2.24. The molecule has 1 unspecified atom stereocenters. The zero-order valence-electron chi connectivity index (χ0n) is 12.6. The molecule has 0 saturated heterocycles. The maximum absolute atomic E-state index is 4.58. The summed E-state index contributed by atoms with van der Waals surface area (Å²) in [4.78, 5) is 4.58. The summed E-state index contributed by atoms with van der Waals surface area (Å²) < 4.78 is 0. The first-order chi connectivity index (χ1) is 9.60. The summed E-state index contributed by atoms with van der Waals surface area (Å²) in [6.45, 7) is 9.23. The van der Waals surface area contributed by atoms with Gasteiger partial charge in [-0.1, -0.05) is 6.92 Å². The number of nitrogens with one attached hydrogen (secondary N) is 1. The Bertz CT molecular complexity index is 565. The third-order valence-corrected chi connectivity index (χ3v) is 4.19. The Morgan fingerprint density at radius 2 is 2.00 bits per heavy atom. The first kappa shape index (κ1) is 15.1. The van der Waals surface area contributed by atoms with Gasteiger partial charge in [0.25, 0.3) is 0 Å². The van der Waals surface area contributed by atoms with E-state index in [1.165, 1.54) is 10.6 Å². The maximum atomic E-state index is 4.58. The van der Waals surface area contributed by atoms with E-state index < -0.39 is 0 Å². The molecule has 0 amide bonds. The van der Waals surface area contributed by atoms with Crippen LogP contribution < -0.4 is 5.32 Å². The summed E-state index contributed by atoms with van der Waals surface area (Å²) in [6, 6.07) is 2.39. The largest absolute Gasteiger partial charge is 0.310 e. The Morgan fingerprint density at radius 3 is 2.65 bits per heavy atom. The van der Waals surface area contributed by atoms with Gasteiger partial charge in [-0.2, -0.15) is 10.2 Å². The average Bonchev–Trinajstić information content (AvgIpc) is 2.83. The highest BCUT2D eigenvalue weighted by atomic mass is 32.1. The van der Waals surface area contributed by atoms with Crippen LogP contribution in [0.2, 0.25) is 0 Å². The van der Waals surface area contributed by atoms with Gasteiger partial charge >= 0.3 is 0 Å². The number of thiazole rings is 1. The highest BCUT2D eigenvalue weighted by Gasteiger charge is 2.17. The van der Waals surface area contributed by atoms with Crippen molar-refractivity contribution in [2.45, 2.75) is 46.6 Å². The molecule has 0 aromatic carbocycles. The molecule has 0 bridgehead atoms. The molecule has 2 heterocycles. The van der Waals surface area contributed by atoms with Crippen LogP contribution in [0.5, 0.6) is 0 Å². The SMILES string of the molecule is CCCNC(Cc1nc(C)cs1)c1cc(C)nnc1C. The smallest absolute Gasteiger partial charge is 0.0947 e. The van der Waals surface area contributed by atoms with E-state index in [-0.39, 0.29) is 6.04 Å². The molecule has 0 spiro atoms. The molecule has 0 aliphatic carbocycles.